The Morgan fingerprint density at radius 2 is 1.61 bits per heavy atom. The van der Waals surface area contributed by atoms with Gasteiger partial charge in [0.25, 0.3) is 0 Å². The zero-order valence-electron chi connectivity index (χ0n) is 25.3. The number of rotatable bonds is 6. The number of hydrogen-bond acceptors (Lipinski definition) is 2. The van der Waals surface area contributed by atoms with Crippen LogP contribution in [0.2, 0.25) is 0 Å². The zero-order valence-corrected chi connectivity index (χ0v) is 25.3. The van der Waals surface area contributed by atoms with Crippen LogP contribution in [0, 0.1) is 40.4 Å². The lowest BCUT2D eigenvalue weighted by Gasteiger charge is -2.47. The van der Waals surface area contributed by atoms with Gasteiger partial charge in [0.2, 0.25) is 0 Å². The van der Waals surface area contributed by atoms with E-state index in [1.165, 1.54) is 45.9 Å². The molecule has 0 radical (unpaired) electrons. The summed E-state index contributed by atoms with van der Waals surface area (Å²) in [6.45, 7) is 0. The van der Waals surface area contributed by atoms with Crippen LogP contribution < -0.4 is 0 Å². The van der Waals surface area contributed by atoms with Crippen LogP contribution in [0.1, 0.15) is 44.9 Å². The average molecular weight is 573 g/mol. The van der Waals surface area contributed by atoms with Gasteiger partial charge in [-0.05, 0) is 118 Å². The predicted molar refractivity (Wildman–Crippen MR) is 184 cm³/mol. The second-order valence-corrected chi connectivity index (χ2v) is 13.3. The molecule has 2 N–H and O–H groups in total. The normalized spacial score (nSPS) is 31.7. The van der Waals surface area contributed by atoms with Crippen molar-refractivity contribution < 1.29 is 0 Å². The van der Waals surface area contributed by atoms with E-state index in [-0.39, 0.29) is 0 Å². The quantitative estimate of drug-likeness (QED) is 0.298. The van der Waals surface area contributed by atoms with Crippen LogP contribution in [0.4, 0.5) is 0 Å². The first kappa shape index (κ1) is 27.3. The van der Waals surface area contributed by atoms with Crippen LogP contribution in [-0.4, -0.2) is 12.4 Å². The molecule has 8 aliphatic rings. The maximum atomic E-state index is 7.99. The number of allylic oxidation sites excluding steroid dienone is 28. The van der Waals surface area contributed by atoms with E-state index in [1.807, 2.05) is 0 Å². The van der Waals surface area contributed by atoms with Crippen molar-refractivity contribution >= 4 is 12.4 Å². The summed E-state index contributed by atoms with van der Waals surface area (Å²) in [5, 5.41) is 15.8. The van der Waals surface area contributed by atoms with E-state index in [1.54, 1.807) is 16.7 Å². The summed E-state index contributed by atoms with van der Waals surface area (Å²) in [6.07, 6.45) is 50.3. The van der Waals surface area contributed by atoms with Gasteiger partial charge in [0, 0.05) is 30.2 Å². The summed E-state index contributed by atoms with van der Waals surface area (Å²) in [6, 6.07) is 0. The lowest BCUT2D eigenvalue weighted by atomic mass is 9.56. The predicted octanol–water partition coefficient (Wildman–Crippen LogP) is 10.1. The van der Waals surface area contributed by atoms with Crippen molar-refractivity contribution in [3.05, 3.63) is 165 Å². The molecule has 44 heavy (non-hydrogen) atoms. The van der Waals surface area contributed by atoms with Crippen molar-refractivity contribution in [1.82, 2.24) is 0 Å². The smallest absolute Gasteiger partial charge is 0.0247 e. The molecule has 2 heteroatoms. The Hall–Kier alpha value is -4.30. The van der Waals surface area contributed by atoms with Crippen molar-refractivity contribution in [3.8, 4) is 0 Å². The Morgan fingerprint density at radius 3 is 2.39 bits per heavy atom. The van der Waals surface area contributed by atoms with Gasteiger partial charge in [-0.25, -0.2) is 0 Å². The summed E-state index contributed by atoms with van der Waals surface area (Å²) in [5.41, 5.74) is 15.5. The molecule has 0 spiro atoms. The molecule has 0 aromatic heterocycles. The Labute approximate surface area is 261 Å². The average Bonchev–Trinajstić information content (AvgIpc) is 3.11. The topological polar surface area (TPSA) is 47.7 Å². The summed E-state index contributed by atoms with van der Waals surface area (Å²) in [7, 11) is 0. The van der Waals surface area contributed by atoms with E-state index >= 15 is 0 Å². The van der Waals surface area contributed by atoms with E-state index in [2.05, 4.69) is 103 Å². The molecule has 0 heterocycles. The number of hydrogen-bond donors (Lipinski definition) is 2. The summed E-state index contributed by atoms with van der Waals surface area (Å²) in [4.78, 5) is 0. The first-order chi connectivity index (χ1) is 21.7. The van der Waals surface area contributed by atoms with Gasteiger partial charge >= 0.3 is 0 Å². The molecular formula is C42H40N2. The first-order valence-electron chi connectivity index (χ1n) is 16.5. The molecule has 8 aliphatic carbocycles. The Morgan fingerprint density at radius 1 is 0.705 bits per heavy atom. The van der Waals surface area contributed by atoms with Gasteiger partial charge < -0.3 is 10.8 Å². The van der Waals surface area contributed by atoms with Crippen LogP contribution in [0.3, 0.4) is 0 Å². The molecule has 5 unspecified atom stereocenters. The summed E-state index contributed by atoms with van der Waals surface area (Å²) < 4.78 is 0. The molecule has 218 valence electrons. The monoisotopic (exact) mass is 572 g/mol. The molecule has 0 saturated heterocycles. The molecule has 0 saturated carbocycles. The largest absolute Gasteiger partial charge is 0.308 e. The van der Waals surface area contributed by atoms with E-state index in [0.29, 0.717) is 29.6 Å². The highest BCUT2D eigenvalue weighted by molar-refractivity contribution is 5.82. The van der Waals surface area contributed by atoms with Gasteiger partial charge in [0.1, 0.15) is 0 Å². The zero-order chi connectivity index (χ0) is 29.6. The van der Waals surface area contributed by atoms with Gasteiger partial charge in [0.05, 0.1) is 0 Å². The van der Waals surface area contributed by atoms with Gasteiger partial charge in [-0.1, -0.05) is 103 Å². The lowest BCUT2D eigenvalue weighted by Crippen LogP contribution is -2.35. The molecule has 0 aliphatic heterocycles. The highest BCUT2D eigenvalue weighted by Crippen LogP contribution is 2.58. The molecule has 2 nitrogen and oxygen atoms in total. The molecular weight excluding hydrogens is 532 g/mol. The molecule has 0 bridgehead atoms. The SMILES string of the molecule is N=CC1=CCCC(C2=CC(C3C=CC(C=N)=CC3)=C3C=CC4=C(C5=CC=CCC5)CC(C5C=CC=CC5)C5=C4C3C2C=C5)=C1. The number of nitrogens with one attached hydrogen (secondary N) is 2. The van der Waals surface area contributed by atoms with E-state index in [9.17, 15) is 0 Å². The minimum atomic E-state index is 0.297. The van der Waals surface area contributed by atoms with Gasteiger partial charge in [-0.15, -0.1) is 0 Å². The van der Waals surface area contributed by atoms with Gasteiger partial charge in [0.15, 0.2) is 0 Å². The molecule has 0 amide bonds. The Balaban J connectivity index is 1.34. The van der Waals surface area contributed by atoms with Gasteiger partial charge in [-0.2, -0.15) is 0 Å². The molecule has 8 rings (SSSR count). The Bertz CT molecular complexity index is 1770. The molecule has 0 aromatic carbocycles. The lowest BCUT2D eigenvalue weighted by molar-refractivity contribution is 0.429. The third-order valence-corrected chi connectivity index (χ3v) is 11.0. The van der Waals surface area contributed by atoms with Gasteiger partial charge in [-0.3, -0.25) is 0 Å². The van der Waals surface area contributed by atoms with Crippen LogP contribution in [-0.2, 0) is 0 Å². The third-order valence-electron chi connectivity index (χ3n) is 11.0. The van der Waals surface area contributed by atoms with E-state index in [0.717, 1.165) is 56.1 Å². The standard InChI is InChI=1S/C42H40N2/c43-25-27-14-16-31(17-15-27)39-24-40(32-13-7-8-28(22-32)26-44)36-21-20-34-38(30-11-5-2-6-12-30)23-37(29-9-3-1-4-10-29)33-18-19-35(39)42(36)41(33)34/h1-3,5-6,8-9,11,14-16,18-22,24-26,30-31,36,38,42-44H,4,7,10,12-13,17,23H2. The minimum Gasteiger partial charge on any atom is -0.308 e. The van der Waals surface area contributed by atoms with Crippen LogP contribution in [0.25, 0.3) is 0 Å². The van der Waals surface area contributed by atoms with Crippen molar-refractivity contribution in [2.75, 3.05) is 0 Å². The third kappa shape index (κ3) is 4.54. The minimum absolute atomic E-state index is 0.297. The van der Waals surface area contributed by atoms with Crippen molar-refractivity contribution in [3.63, 3.8) is 0 Å². The summed E-state index contributed by atoms with van der Waals surface area (Å²) >= 11 is 0. The fraction of sp³-hybridized carbons (Fsp3) is 0.286. The van der Waals surface area contributed by atoms with Crippen LogP contribution in [0.15, 0.2) is 165 Å². The van der Waals surface area contributed by atoms with Crippen molar-refractivity contribution in [2.45, 2.75) is 44.9 Å². The van der Waals surface area contributed by atoms with Crippen LogP contribution >= 0.6 is 0 Å². The molecule has 0 aromatic rings. The second-order valence-electron chi connectivity index (χ2n) is 13.3. The first-order valence-corrected chi connectivity index (χ1v) is 16.5. The fourth-order valence-corrected chi connectivity index (χ4v) is 8.83. The fourth-order valence-electron chi connectivity index (χ4n) is 8.83. The maximum absolute atomic E-state index is 7.99. The second kappa shape index (κ2) is 11.3. The maximum Gasteiger partial charge on any atom is 0.0247 e. The van der Waals surface area contributed by atoms with Crippen LogP contribution in [0.5, 0.6) is 0 Å². The van der Waals surface area contributed by atoms with Crippen molar-refractivity contribution in [2.24, 2.45) is 29.6 Å². The summed E-state index contributed by atoms with van der Waals surface area (Å²) in [5.74, 6) is 1.90. The van der Waals surface area contributed by atoms with E-state index < -0.39 is 0 Å². The highest BCUT2D eigenvalue weighted by atomic mass is 14.5. The molecule has 0 fully saturated rings. The molecule has 5 atom stereocenters. The van der Waals surface area contributed by atoms with Crippen molar-refractivity contribution in [1.29, 1.82) is 10.8 Å². The van der Waals surface area contributed by atoms with E-state index in [4.69, 9.17) is 10.8 Å². The Kier molecular flexibility index (Phi) is 7.02. The highest BCUT2D eigenvalue weighted by Gasteiger charge is 2.45.